The average molecular weight is 223 g/mol. The van der Waals surface area contributed by atoms with Gasteiger partial charge in [0.05, 0.1) is 0 Å². The first-order valence-corrected chi connectivity index (χ1v) is 6.01. The number of hydrogen-bond donors (Lipinski definition) is 2. The van der Waals surface area contributed by atoms with Crippen molar-refractivity contribution in [2.24, 2.45) is 0 Å². The normalized spacial score (nSPS) is 10.6. The number of rotatable bonds is 8. The number of aliphatic hydroxyl groups excluding tert-OH is 2. The van der Waals surface area contributed by atoms with E-state index >= 15 is 0 Å². The van der Waals surface area contributed by atoms with Gasteiger partial charge in [-0.15, -0.1) is 0 Å². The fourth-order valence-electron chi connectivity index (χ4n) is 1.70. The van der Waals surface area contributed by atoms with Crippen LogP contribution >= 0.6 is 0 Å². The highest BCUT2D eigenvalue weighted by molar-refractivity contribution is 5.18. The Labute approximate surface area is 97.2 Å². The van der Waals surface area contributed by atoms with Crippen LogP contribution in [-0.4, -0.2) is 28.4 Å². The molecule has 0 aromatic carbocycles. The molecule has 0 amide bonds. The molecule has 0 atom stereocenters. The quantitative estimate of drug-likeness (QED) is 0.660. The number of aryl methyl sites for hydroxylation is 2. The van der Waals surface area contributed by atoms with E-state index in [-0.39, 0.29) is 13.2 Å². The molecule has 1 heterocycles. The Balaban J connectivity index is 2.37. The average Bonchev–Trinajstić information content (AvgIpc) is 2.30. The van der Waals surface area contributed by atoms with Gasteiger partial charge >= 0.3 is 0 Å². The van der Waals surface area contributed by atoms with E-state index < -0.39 is 0 Å². The summed E-state index contributed by atoms with van der Waals surface area (Å²) >= 11 is 0. The van der Waals surface area contributed by atoms with Gasteiger partial charge in [-0.1, -0.05) is 6.07 Å². The van der Waals surface area contributed by atoms with Crippen LogP contribution in [0.1, 0.15) is 36.8 Å². The number of aromatic nitrogens is 1. The van der Waals surface area contributed by atoms with Gasteiger partial charge in [0.25, 0.3) is 0 Å². The van der Waals surface area contributed by atoms with E-state index in [9.17, 15) is 0 Å². The van der Waals surface area contributed by atoms with Gasteiger partial charge < -0.3 is 10.2 Å². The summed E-state index contributed by atoms with van der Waals surface area (Å²) < 4.78 is 0. The molecule has 1 aromatic heterocycles. The summed E-state index contributed by atoms with van der Waals surface area (Å²) in [5, 5.41) is 17.4. The van der Waals surface area contributed by atoms with Crippen molar-refractivity contribution >= 4 is 0 Å². The van der Waals surface area contributed by atoms with E-state index in [1.54, 1.807) is 0 Å². The Morgan fingerprint density at radius 3 is 1.75 bits per heavy atom. The van der Waals surface area contributed by atoms with Crippen molar-refractivity contribution in [3.63, 3.8) is 0 Å². The molecule has 0 saturated heterocycles. The topological polar surface area (TPSA) is 53.4 Å². The van der Waals surface area contributed by atoms with E-state index in [0.717, 1.165) is 38.5 Å². The number of hydrogen-bond acceptors (Lipinski definition) is 3. The van der Waals surface area contributed by atoms with Crippen molar-refractivity contribution < 1.29 is 10.2 Å². The lowest BCUT2D eigenvalue weighted by atomic mass is 10.1. The molecule has 90 valence electrons. The monoisotopic (exact) mass is 223 g/mol. The Bertz CT molecular complexity index is 264. The van der Waals surface area contributed by atoms with E-state index in [1.807, 2.05) is 12.4 Å². The van der Waals surface area contributed by atoms with Crippen LogP contribution in [0.5, 0.6) is 0 Å². The second kappa shape index (κ2) is 8.25. The van der Waals surface area contributed by atoms with Gasteiger partial charge in [-0.3, -0.25) is 4.98 Å². The third kappa shape index (κ3) is 5.24. The van der Waals surface area contributed by atoms with Gasteiger partial charge in [-0.25, -0.2) is 0 Å². The van der Waals surface area contributed by atoms with E-state index in [1.165, 1.54) is 11.1 Å². The van der Waals surface area contributed by atoms with Crippen LogP contribution in [0.15, 0.2) is 18.5 Å². The highest BCUT2D eigenvalue weighted by Gasteiger charge is 1.98. The van der Waals surface area contributed by atoms with Gasteiger partial charge in [-0.2, -0.15) is 0 Å². The smallest absolute Gasteiger partial charge is 0.0431 e. The Hall–Kier alpha value is -0.930. The van der Waals surface area contributed by atoms with E-state index in [0.29, 0.717) is 0 Å². The zero-order valence-electron chi connectivity index (χ0n) is 9.73. The maximum atomic E-state index is 8.70. The van der Waals surface area contributed by atoms with Crippen molar-refractivity contribution in [3.05, 3.63) is 29.6 Å². The van der Waals surface area contributed by atoms with E-state index in [4.69, 9.17) is 10.2 Å². The molecule has 0 bridgehead atoms. The van der Waals surface area contributed by atoms with Crippen LogP contribution in [0.2, 0.25) is 0 Å². The SMILES string of the molecule is OCCCCc1cncc(CCCCO)c1. The molecule has 16 heavy (non-hydrogen) atoms. The fourth-order valence-corrected chi connectivity index (χ4v) is 1.70. The molecule has 0 aliphatic carbocycles. The molecule has 3 heteroatoms. The molecule has 0 saturated carbocycles. The van der Waals surface area contributed by atoms with Crippen molar-refractivity contribution in [1.29, 1.82) is 0 Å². The maximum Gasteiger partial charge on any atom is 0.0431 e. The van der Waals surface area contributed by atoms with Crippen LogP contribution in [0, 0.1) is 0 Å². The Morgan fingerprint density at radius 2 is 1.31 bits per heavy atom. The fraction of sp³-hybridized carbons (Fsp3) is 0.615. The first-order valence-electron chi connectivity index (χ1n) is 6.01. The minimum absolute atomic E-state index is 0.267. The largest absolute Gasteiger partial charge is 0.396 e. The van der Waals surface area contributed by atoms with Gasteiger partial charge in [0, 0.05) is 25.6 Å². The standard InChI is InChI=1S/C13H21NO2/c15-7-3-1-5-12-9-13(11-14-10-12)6-2-4-8-16/h9-11,15-16H,1-8H2. The Morgan fingerprint density at radius 1 is 0.812 bits per heavy atom. The predicted molar refractivity (Wildman–Crippen MR) is 64.3 cm³/mol. The summed E-state index contributed by atoms with van der Waals surface area (Å²) in [4.78, 5) is 4.22. The van der Waals surface area contributed by atoms with Gasteiger partial charge in [0.2, 0.25) is 0 Å². The van der Waals surface area contributed by atoms with Crippen molar-refractivity contribution in [3.8, 4) is 0 Å². The highest BCUT2D eigenvalue weighted by atomic mass is 16.3. The molecule has 1 aromatic rings. The minimum Gasteiger partial charge on any atom is -0.396 e. The van der Waals surface area contributed by atoms with Crippen LogP contribution in [-0.2, 0) is 12.8 Å². The maximum absolute atomic E-state index is 8.70. The van der Waals surface area contributed by atoms with Crippen LogP contribution < -0.4 is 0 Å². The molecule has 0 radical (unpaired) electrons. The summed E-state index contributed by atoms with van der Waals surface area (Å²) in [6, 6.07) is 2.18. The summed E-state index contributed by atoms with van der Waals surface area (Å²) in [7, 11) is 0. The van der Waals surface area contributed by atoms with Crippen LogP contribution in [0.4, 0.5) is 0 Å². The third-order valence-electron chi connectivity index (χ3n) is 2.60. The third-order valence-corrected chi connectivity index (χ3v) is 2.60. The summed E-state index contributed by atoms with van der Waals surface area (Å²) in [6.07, 6.45) is 9.50. The summed E-state index contributed by atoms with van der Waals surface area (Å²) in [5.74, 6) is 0. The lowest BCUT2D eigenvalue weighted by molar-refractivity contribution is 0.284. The lowest BCUT2D eigenvalue weighted by Gasteiger charge is -2.04. The molecule has 3 nitrogen and oxygen atoms in total. The molecular weight excluding hydrogens is 202 g/mol. The van der Waals surface area contributed by atoms with Gasteiger partial charge in [0.1, 0.15) is 0 Å². The molecule has 0 spiro atoms. The number of aliphatic hydroxyl groups is 2. The lowest BCUT2D eigenvalue weighted by Crippen LogP contribution is -1.94. The molecule has 0 fully saturated rings. The van der Waals surface area contributed by atoms with E-state index in [2.05, 4.69) is 11.1 Å². The molecule has 0 unspecified atom stereocenters. The predicted octanol–water partition coefficient (Wildman–Crippen LogP) is 1.71. The first-order chi connectivity index (χ1) is 7.86. The van der Waals surface area contributed by atoms with Crippen molar-refractivity contribution in [2.45, 2.75) is 38.5 Å². The molecule has 1 rings (SSSR count). The summed E-state index contributed by atoms with van der Waals surface area (Å²) in [5.41, 5.74) is 2.49. The zero-order valence-corrected chi connectivity index (χ0v) is 9.73. The highest BCUT2D eigenvalue weighted by Crippen LogP contribution is 2.09. The van der Waals surface area contributed by atoms with Crippen LogP contribution in [0.3, 0.4) is 0 Å². The molecule has 0 aliphatic heterocycles. The molecular formula is C13H21NO2. The second-order valence-corrected chi connectivity index (χ2v) is 4.06. The van der Waals surface area contributed by atoms with Crippen molar-refractivity contribution in [2.75, 3.05) is 13.2 Å². The second-order valence-electron chi connectivity index (χ2n) is 4.06. The number of nitrogens with zero attached hydrogens (tertiary/aromatic N) is 1. The Kier molecular flexibility index (Phi) is 6.77. The van der Waals surface area contributed by atoms with Gasteiger partial charge in [0.15, 0.2) is 0 Å². The molecule has 2 N–H and O–H groups in total. The van der Waals surface area contributed by atoms with Crippen molar-refractivity contribution in [1.82, 2.24) is 4.98 Å². The first kappa shape index (κ1) is 13.1. The van der Waals surface area contributed by atoms with Crippen LogP contribution in [0.25, 0.3) is 0 Å². The number of pyridine rings is 1. The zero-order chi connectivity index (χ0) is 11.6. The minimum atomic E-state index is 0.267. The molecule has 0 aliphatic rings. The van der Waals surface area contributed by atoms with Gasteiger partial charge in [-0.05, 0) is 49.7 Å². The number of unbranched alkanes of at least 4 members (excludes halogenated alkanes) is 2. The summed E-state index contributed by atoms with van der Waals surface area (Å²) in [6.45, 7) is 0.535.